The first-order valence-electron chi connectivity index (χ1n) is 7.57. The van der Waals surface area contributed by atoms with Crippen LogP contribution in [0.4, 0.5) is 11.4 Å². The highest BCUT2D eigenvalue weighted by Gasteiger charge is 2.35. The van der Waals surface area contributed by atoms with E-state index in [0.29, 0.717) is 11.6 Å². The number of rotatable bonds is 3. The summed E-state index contributed by atoms with van der Waals surface area (Å²) in [6, 6.07) is 12.8. The quantitative estimate of drug-likeness (QED) is 0.819. The fourth-order valence-electron chi connectivity index (χ4n) is 2.78. The zero-order chi connectivity index (χ0) is 17.3. The molecule has 0 radical (unpaired) electrons. The molecule has 1 N–H and O–H groups in total. The molecule has 1 heterocycles. The number of hydrogen-bond acceptors (Lipinski definition) is 2. The second kappa shape index (κ2) is 6.95. The van der Waals surface area contributed by atoms with E-state index < -0.39 is 0 Å². The molecule has 0 spiro atoms. The van der Waals surface area contributed by atoms with Crippen LogP contribution in [0.1, 0.15) is 12.0 Å². The lowest BCUT2D eigenvalue weighted by Crippen LogP contribution is -2.28. The summed E-state index contributed by atoms with van der Waals surface area (Å²) in [4.78, 5) is 26.4. The van der Waals surface area contributed by atoms with Gasteiger partial charge in [-0.05, 0) is 48.9 Å². The van der Waals surface area contributed by atoms with Crippen molar-refractivity contribution in [2.24, 2.45) is 5.92 Å². The van der Waals surface area contributed by atoms with Crippen LogP contribution < -0.4 is 10.2 Å². The maximum atomic E-state index is 12.5. The Morgan fingerprint density at radius 1 is 1.29 bits per heavy atom. The van der Waals surface area contributed by atoms with E-state index in [1.165, 1.54) is 0 Å². The van der Waals surface area contributed by atoms with Crippen molar-refractivity contribution < 1.29 is 9.59 Å². The fraction of sp³-hybridized carbons (Fsp3) is 0.222. The standard InChI is InChI=1S/C18H16BrClN2O2/c1-11-7-13(19)5-6-16(11)21-18(24)12-8-17(23)22(10-12)15-4-2-3-14(20)9-15/h2-7,9,12H,8,10H2,1H3,(H,21,24)/t12-/m0/s1. The van der Waals surface area contributed by atoms with Gasteiger partial charge >= 0.3 is 0 Å². The van der Waals surface area contributed by atoms with E-state index in [0.717, 1.165) is 21.4 Å². The van der Waals surface area contributed by atoms with E-state index in [9.17, 15) is 9.59 Å². The Morgan fingerprint density at radius 2 is 2.08 bits per heavy atom. The van der Waals surface area contributed by atoms with Crippen molar-refractivity contribution in [3.8, 4) is 0 Å². The predicted molar refractivity (Wildman–Crippen MR) is 99.4 cm³/mol. The summed E-state index contributed by atoms with van der Waals surface area (Å²) in [6.45, 7) is 2.29. The van der Waals surface area contributed by atoms with Crippen molar-refractivity contribution in [1.29, 1.82) is 0 Å². The molecule has 6 heteroatoms. The van der Waals surface area contributed by atoms with Gasteiger partial charge < -0.3 is 10.2 Å². The monoisotopic (exact) mass is 406 g/mol. The highest BCUT2D eigenvalue weighted by molar-refractivity contribution is 9.10. The predicted octanol–water partition coefficient (Wildman–Crippen LogP) is 4.40. The minimum absolute atomic E-state index is 0.0649. The molecule has 1 saturated heterocycles. The number of carbonyl (C=O) groups excluding carboxylic acids is 2. The molecule has 3 rings (SSSR count). The Bertz CT molecular complexity index is 809. The van der Waals surface area contributed by atoms with Crippen LogP contribution in [0.5, 0.6) is 0 Å². The van der Waals surface area contributed by atoms with E-state index in [1.54, 1.807) is 23.1 Å². The van der Waals surface area contributed by atoms with E-state index in [-0.39, 0.29) is 24.2 Å². The van der Waals surface area contributed by atoms with Crippen LogP contribution in [0.25, 0.3) is 0 Å². The number of anilines is 2. The van der Waals surface area contributed by atoms with Gasteiger partial charge in [0.05, 0.1) is 5.92 Å². The third-order valence-corrected chi connectivity index (χ3v) is 4.79. The second-order valence-corrected chi connectivity index (χ2v) is 7.19. The summed E-state index contributed by atoms with van der Waals surface area (Å²) < 4.78 is 0.959. The van der Waals surface area contributed by atoms with Gasteiger partial charge in [-0.2, -0.15) is 0 Å². The molecule has 4 nitrogen and oxygen atoms in total. The molecule has 1 fully saturated rings. The van der Waals surface area contributed by atoms with Crippen LogP contribution in [-0.4, -0.2) is 18.4 Å². The molecule has 0 bridgehead atoms. The van der Waals surface area contributed by atoms with Gasteiger partial charge in [-0.15, -0.1) is 0 Å². The Kier molecular flexibility index (Phi) is 4.92. The van der Waals surface area contributed by atoms with Crippen LogP contribution in [0.2, 0.25) is 5.02 Å². The number of halogens is 2. The Labute approximate surface area is 153 Å². The molecule has 2 aromatic carbocycles. The lowest BCUT2D eigenvalue weighted by molar-refractivity contribution is -0.122. The summed E-state index contributed by atoms with van der Waals surface area (Å²) in [5.74, 6) is -0.581. The van der Waals surface area contributed by atoms with Crippen molar-refractivity contribution in [1.82, 2.24) is 0 Å². The normalized spacial score (nSPS) is 17.2. The van der Waals surface area contributed by atoms with Gasteiger partial charge in [0, 0.05) is 33.8 Å². The minimum Gasteiger partial charge on any atom is -0.326 e. The highest BCUT2D eigenvalue weighted by atomic mass is 79.9. The molecule has 2 aromatic rings. The van der Waals surface area contributed by atoms with Gasteiger partial charge in [-0.3, -0.25) is 9.59 Å². The summed E-state index contributed by atoms with van der Waals surface area (Å²) >= 11 is 9.39. The van der Waals surface area contributed by atoms with Crippen LogP contribution in [0, 0.1) is 12.8 Å². The fourth-order valence-corrected chi connectivity index (χ4v) is 3.44. The van der Waals surface area contributed by atoms with E-state index in [4.69, 9.17) is 11.6 Å². The van der Waals surface area contributed by atoms with E-state index in [1.807, 2.05) is 31.2 Å². The third-order valence-electron chi connectivity index (χ3n) is 4.06. The van der Waals surface area contributed by atoms with Crippen molar-refractivity contribution >= 4 is 50.7 Å². The summed E-state index contributed by atoms with van der Waals surface area (Å²) in [6.07, 6.45) is 0.202. The topological polar surface area (TPSA) is 49.4 Å². The molecule has 0 aliphatic carbocycles. The molecule has 0 unspecified atom stereocenters. The molecule has 2 amide bonds. The van der Waals surface area contributed by atoms with Crippen LogP contribution in [-0.2, 0) is 9.59 Å². The van der Waals surface area contributed by atoms with Gasteiger partial charge in [0.25, 0.3) is 0 Å². The number of carbonyl (C=O) groups is 2. The minimum atomic E-state index is -0.375. The largest absolute Gasteiger partial charge is 0.326 e. The third kappa shape index (κ3) is 3.62. The lowest BCUT2D eigenvalue weighted by Gasteiger charge is -2.17. The molecular weight excluding hydrogens is 392 g/mol. The summed E-state index contributed by atoms with van der Waals surface area (Å²) in [5, 5.41) is 3.49. The van der Waals surface area contributed by atoms with E-state index >= 15 is 0 Å². The maximum absolute atomic E-state index is 12.5. The van der Waals surface area contributed by atoms with Gasteiger partial charge in [-0.1, -0.05) is 33.6 Å². The lowest BCUT2D eigenvalue weighted by atomic mass is 10.1. The molecule has 0 aromatic heterocycles. The molecular formula is C18H16BrClN2O2. The van der Waals surface area contributed by atoms with Gasteiger partial charge in [0.2, 0.25) is 11.8 Å². The molecule has 124 valence electrons. The SMILES string of the molecule is Cc1cc(Br)ccc1NC(=O)[C@H]1CC(=O)N(c2cccc(Cl)c2)C1. The molecule has 0 saturated carbocycles. The first-order valence-corrected chi connectivity index (χ1v) is 8.74. The number of hydrogen-bond donors (Lipinski definition) is 1. The van der Waals surface area contributed by atoms with Crippen molar-refractivity contribution in [2.75, 3.05) is 16.8 Å². The first-order chi connectivity index (χ1) is 11.4. The van der Waals surface area contributed by atoms with E-state index in [2.05, 4.69) is 21.2 Å². The zero-order valence-corrected chi connectivity index (χ0v) is 15.4. The summed E-state index contributed by atoms with van der Waals surface area (Å²) in [7, 11) is 0. The van der Waals surface area contributed by atoms with Crippen molar-refractivity contribution in [3.63, 3.8) is 0 Å². The van der Waals surface area contributed by atoms with Gasteiger partial charge in [0.1, 0.15) is 0 Å². The zero-order valence-electron chi connectivity index (χ0n) is 13.1. The Morgan fingerprint density at radius 3 is 2.79 bits per heavy atom. The first kappa shape index (κ1) is 17.0. The van der Waals surface area contributed by atoms with Crippen LogP contribution in [0.3, 0.4) is 0 Å². The number of amides is 2. The van der Waals surface area contributed by atoms with Crippen molar-refractivity contribution in [2.45, 2.75) is 13.3 Å². The molecule has 1 aliphatic heterocycles. The van der Waals surface area contributed by atoms with Gasteiger partial charge in [0.15, 0.2) is 0 Å². The summed E-state index contributed by atoms with van der Waals surface area (Å²) in [5.41, 5.74) is 2.45. The smallest absolute Gasteiger partial charge is 0.229 e. The number of benzene rings is 2. The number of nitrogens with zero attached hydrogens (tertiary/aromatic N) is 1. The van der Waals surface area contributed by atoms with Crippen molar-refractivity contribution in [3.05, 3.63) is 57.5 Å². The Hall–Kier alpha value is -1.85. The highest BCUT2D eigenvalue weighted by Crippen LogP contribution is 2.28. The molecule has 24 heavy (non-hydrogen) atoms. The number of nitrogens with one attached hydrogen (secondary N) is 1. The molecule has 1 aliphatic rings. The maximum Gasteiger partial charge on any atom is 0.229 e. The Balaban J connectivity index is 1.72. The average molecular weight is 408 g/mol. The second-order valence-electron chi connectivity index (χ2n) is 5.83. The van der Waals surface area contributed by atoms with Crippen LogP contribution in [0.15, 0.2) is 46.9 Å². The molecule has 1 atom stereocenters. The van der Waals surface area contributed by atoms with Gasteiger partial charge in [-0.25, -0.2) is 0 Å². The van der Waals surface area contributed by atoms with Crippen LogP contribution >= 0.6 is 27.5 Å². The average Bonchev–Trinajstić information content (AvgIpc) is 2.92. The number of aryl methyl sites for hydroxylation is 1.